The van der Waals surface area contributed by atoms with Crippen LogP contribution in [0.5, 0.6) is 0 Å². The summed E-state index contributed by atoms with van der Waals surface area (Å²) >= 11 is 0. The first-order valence-electron chi connectivity index (χ1n) is 7.58. The molecule has 19 heavy (non-hydrogen) atoms. The van der Waals surface area contributed by atoms with Crippen LogP contribution in [0, 0.1) is 5.92 Å². The van der Waals surface area contributed by atoms with Gasteiger partial charge in [0.1, 0.15) is 0 Å². The van der Waals surface area contributed by atoms with Crippen molar-refractivity contribution in [2.75, 3.05) is 39.3 Å². The van der Waals surface area contributed by atoms with Crippen LogP contribution in [0.2, 0.25) is 0 Å². The topological polar surface area (TPSA) is 69.8 Å². The van der Waals surface area contributed by atoms with Gasteiger partial charge in [-0.3, -0.25) is 9.69 Å². The Hall–Kier alpha value is -0.650. The lowest BCUT2D eigenvalue weighted by Gasteiger charge is -2.30. The predicted molar refractivity (Wildman–Crippen MR) is 74.7 cm³/mol. The molecule has 2 unspecified atom stereocenters. The second-order valence-electron chi connectivity index (χ2n) is 5.87. The van der Waals surface area contributed by atoms with Crippen LogP contribution in [0.3, 0.4) is 0 Å². The lowest BCUT2D eigenvalue weighted by molar-refractivity contribution is -0.136. The molecule has 1 amide bonds. The SMILES string of the molecule is NC1CCCC(C(=O)N2CCCN(CCO)CC2)C1. The maximum absolute atomic E-state index is 12.5. The van der Waals surface area contributed by atoms with E-state index in [9.17, 15) is 4.79 Å². The molecule has 2 rings (SSSR count). The first-order chi connectivity index (χ1) is 9.20. The lowest BCUT2D eigenvalue weighted by atomic mass is 9.85. The normalized spacial score (nSPS) is 30.1. The Morgan fingerprint density at radius 3 is 2.74 bits per heavy atom. The Bertz CT molecular complexity index is 298. The number of nitrogens with zero attached hydrogens (tertiary/aromatic N) is 2. The van der Waals surface area contributed by atoms with Crippen LogP contribution in [0.15, 0.2) is 0 Å². The zero-order chi connectivity index (χ0) is 13.7. The Morgan fingerprint density at radius 2 is 2.00 bits per heavy atom. The van der Waals surface area contributed by atoms with Crippen molar-refractivity contribution in [2.24, 2.45) is 11.7 Å². The van der Waals surface area contributed by atoms with E-state index in [0.29, 0.717) is 5.91 Å². The number of carbonyl (C=O) groups excluding carboxylic acids is 1. The van der Waals surface area contributed by atoms with E-state index in [4.69, 9.17) is 10.8 Å². The van der Waals surface area contributed by atoms with E-state index in [2.05, 4.69) is 4.90 Å². The zero-order valence-electron chi connectivity index (χ0n) is 11.8. The van der Waals surface area contributed by atoms with Crippen LogP contribution in [-0.4, -0.2) is 66.2 Å². The number of amides is 1. The molecule has 2 aliphatic rings. The van der Waals surface area contributed by atoms with Gasteiger partial charge in [-0.25, -0.2) is 0 Å². The minimum absolute atomic E-state index is 0.146. The monoisotopic (exact) mass is 269 g/mol. The molecular formula is C14H27N3O2. The molecule has 0 aromatic carbocycles. The van der Waals surface area contributed by atoms with Gasteiger partial charge in [0.2, 0.25) is 5.91 Å². The minimum atomic E-state index is 0.146. The summed E-state index contributed by atoms with van der Waals surface area (Å²) < 4.78 is 0. The van der Waals surface area contributed by atoms with Crippen LogP contribution < -0.4 is 5.73 Å². The molecular weight excluding hydrogens is 242 g/mol. The van der Waals surface area contributed by atoms with Gasteiger partial charge in [-0.2, -0.15) is 0 Å². The van der Waals surface area contributed by atoms with E-state index in [-0.39, 0.29) is 18.6 Å². The summed E-state index contributed by atoms with van der Waals surface area (Å²) in [6.45, 7) is 4.43. The Morgan fingerprint density at radius 1 is 1.16 bits per heavy atom. The second kappa shape index (κ2) is 7.22. The second-order valence-corrected chi connectivity index (χ2v) is 5.87. The van der Waals surface area contributed by atoms with Gasteiger partial charge < -0.3 is 15.7 Å². The maximum atomic E-state index is 12.5. The van der Waals surface area contributed by atoms with E-state index >= 15 is 0 Å². The van der Waals surface area contributed by atoms with Crippen molar-refractivity contribution >= 4 is 5.91 Å². The average Bonchev–Trinajstić information content (AvgIpc) is 2.64. The molecule has 1 saturated carbocycles. The number of aliphatic hydroxyl groups is 1. The number of hydrogen-bond acceptors (Lipinski definition) is 4. The maximum Gasteiger partial charge on any atom is 0.225 e. The standard InChI is InChI=1S/C14H27N3O2/c15-13-4-1-3-12(11-13)14(19)17-6-2-5-16(7-8-17)9-10-18/h12-13,18H,1-11,15H2. The van der Waals surface area contributed by atoms with Crippen molar-refractivity contribution in [3.63, 3.8) is 0 Å². The number of nitrogens with two attached hydrogens (primary N) is 1. The van der Waals surface area contributed by atoms with Crippen molar-refractivity contribution in [3.05, 3.63) is 0 Å². The smallest absolute Gasteiger partial charge is 0.225 e. The van der Waals surface area contributed by atoms with E-state index in [1.54, 1.807) is 0 Å². The summed E-state index contributed by atoms with van der Waals surface area (Å²) in [5.41, 5.74) is 5.98. The summed E-state index contributed by atoms with van der Waals surface area (Å²) in [5.74, 6) is 0.453. The number of rotatable bonds is 3. The van der Waals surface area contributed by atoms with Crippen molar-refractivity contribution < 1.29 is 9.90 Å². The summed E-state index contributed by atoms with van der Waals surface area (Å²) in [7, 11) is 0. The molecule has 0 aromatic rings. The van der Waals surface area contributed by atoms with Gasteiger partial charge in [0.25, 0.3) is 0 Å². The summed E-state index contributed by atoms with van der Waals surface area (Å²) in [4.78, 5) is 16.8. The molecule has 0 radical (unpaired) electrons. The fourth-order valence-electron chi connectivity index (χ4n) is 3.27. The molecule has 1 aliphatic heterocycles. The predicted octanol–water partition coefficient (Wildman–Crippen LogP) is 0.0305. The van der Waals surface area contributed by atoms with Crippen molar-refractivity contribution in [1.82, 2.24) is 9.80 Å². The third-order valence-corrected chi connectivity index (χ3v) is 4.38. The Labute approximate surface area is 115 Å². The van der Waals surface area contributed by atoms with Gasteiger partial charge in [0.05, 0.1) is 6.61 Å². The highest BCUT2D eigenvalue weighted by molar-refractivity contribution is 5.79. The molecule has 110 valence electrons. The lowest BCUT2D eigenvalue weighted by Crippen LogP contribution is -2.42. The molecule has 5 heteroatoms. The van der Waals surface area contributed by atoms with Gasteiger partial charge in [-0.05, 0) is 32.2 Å². The summed E-state index contributed by atoms with van der Waals surface area (Å²) in [6.07, 6.45) is 5.01. The minimum Gasteiger partial charge on any atom is -0.395 e. The number of hydrogen-bond donors (Lipinski definition) is 2. The van der Waals surface area contributed by atoms with Crippen molar-refractivity contribution in [2.45, 2.75) is 38.1 Å². The van der Waals surface area contributed by atoms with Gasteiger partial charge >= 0.3 is 0 Å². The first kappa shape index (κ1) is 14.8. The Kier molecular flexibility index (Phi) is 5.60. The van der Waals surface area contributed by atoms with E-state index in [1.807, 2.05) is 4.90 Å². The number of aliphatic hydroxyl groups excluding tert-OH is 1. The number of β-amino-alcohol motifs (C(OH)–C–C–N with tert-alkyl or cyclic N) is 1. The quantitative estimate of drug-likeness (QED) is 0.758. The average molecular weight is 269 g/mol. The van der Waals surface area contributed by atoms with Gasteiger partial charge in [-0.1, -0.05) is 6.42 Å². The highest BCUT2D eigenvalue weighted by atomic mass is 16.3. The molecule has 0 aromatic heterocycles. The molecule has 1 saturated heterocycles. The molecule has 3 N–H and O–H groups in total. The molecule has 2 atom stereocenters. The molecule has 0 spiro atoms. The fraction of sp³-hybridized carbons (Fsp3) is 0.929. The fourth-order valence-corrected chi connectivity index (χ4v) is 3.27. The molecule has 2 fully saturated rings. The summed E-state index contributed by atoms with van der Waals surface area (Å²) in [5, 5.41) is 8.98. The first-order valence-corrected chi connectivity index (χ1v) is 7.58. The molecule has 1 heterocycles. The van der Waals surface area contributed by atoms with Crippen LogP contribution in [0.25, 0.3) is 0 Å². The van der Waals surface area contributed by atoms with Crippen LogP contribution in [0.4, 0.5) is 0 Å². The summed E-state index contributed by atoms with van der Waals surface area (Å²) in [6, 6.07) is 0.209. The van der Waals surface area contributed by atoms with Crippen LogP contribution in [-0.2, 0) is 4.79 Å². The third kappa shape index (κ3) is 4.16. The molecule has 1 aliphatic carbocycles. The third-order valence-electron chi connectivity index (χ3n) is 4.38. The van der Waals surface area contributed by atoms with E-state index in [0.717, 1.165) is 64.8 Å². The number of carbonyl (C=O) groups is 1. The van der Waals surface area contributed by atoms with Crippen LogP contribution in [0.1, 0.15) is 32.1 Å². The highest BCUT2D eigenvalue weighted by Gasteiger charge is 2.29. The van der Waals surface area contributed by atoms with E-state index < -0.39 is 0 Å². The Balaban J connectivity index is 1.85. The van der Waals surface area contributed by atoms with E-state index in [1.165, 1.54) is 0 Å². The van der Waals surface area contributed by atoms with Crippen molar-refractivity contribution in [3.8, 4) is 0 Å². The molecule has 5 nitrogen and oxygen atoms in total. The molecule has 0 bridgehead atoms. The van der Waals surface area contributed by atoms with Crippen LogP contribution >= 0.6 is 0 Å². The highest BCUT2D eigenvalue weighted by Crippen LogP contribution is 2.25. The van der Waals surface area contributed by atoms with Gasteiger partial charge in [-0.15, -0.1) is 0 Å². The zero-order valence-corrected chi connectivity index (χ0v) is 11.8. The largest absolute Gasteiger partial charge is 0.395 e. The van der Waals surface area contributed by atoms with Gasteiger partial charge in [0, 0.05) is 38.1 Å². The van der Waals surface area contributed by atoms with Crippen molar-refractivity contribution in [1.29, 1.82) is 0 Å². The van der Waals surface area contributed by atoms with Gasteiger partial charge in [0.15, 0.2) is 0 Å².